The topological polar surface area (TPSA) is 72.2 Å². The van der Waals surface area contributed by atoms with Gasteiger partial charge in [0, 0.05) is 12.6 Å². The maximum atomic E-state index is 12.3. The standard InChI is InChI=1S/C15H24N2O2S/c1-11-3-8-15(12(2)9-11)20(18,19)17-10-13-4-6-14(16)7-5-13/h3,8-9,13-14,17H,4-7,10,16H2,1-2H3. The molecule has 112 valence electrons. The lowest BCUT2D eigenvalue weighted by Gasteiger charge is -2.26. The van der Waals surface area contributed by atoms with E-state index in [2.05, 4.69) is 4.72 Å². The van der Waals surface area contributed by atoms with Crippen molar-refractivity contribution in [3.8, 4) is 0 Å². The third kappa shape index (κ3) is 3.81. The van der Waals surface area contributed by atoms with E-state index in [0.717, 1.165) is 36.8 Å². The molecule has 0 radical (unpaired) electrons. The molecule has 0 atom stereocenters. The van der Waals surface area contributed by atoms with Crippen molar-refractivity contribution in [1.29, 1.82) is 0 Å². The predicted molar refractivity (Wildman–Crippen MR) is 81.0 cm³/mol. The van der Waals surface area contributed by atoms with Gasteiger partial charge >= 0.3 is 0 Å². The van der Waals surface area contributed by atoms with Crippen molar-refractivity contribution in [3.05, 3.63) is 29.3 Å². The highest BCUT2D eigenvalue weighted by Crippen LogP contribution is 2.23. The summed E-state index contributed by atoms with van der Waals surface area (Å²) in [6.45, 7) is 4.31. The minimum atomic E-state index is -3.40. The highest BCUT2D eigenvalue weighted by Gasteiger charge is 2.22. The summed E-state index contributed by atoms with van der Waals surface area (Å²) in [6.07, 6.45) is 4.01. The van der Waals surface area contributed by atoms with Gasteiger partial charge in [-0.15, -0.1) is 0 Å². The van der Waals surface area contributed by atoms with Crippen LogP contribution in [0.3, 0.4) is 0 Å². The third-order valence-electron chi connectivity index (χ3n) is 4.07. The number of aryl methyl sites for hydroxylation is 2. The molecule has 5 heteroatoms. The first-order valence-corrected chi connectivity index (χ1v) is 8.69. The lowest BCUT2D eigenvalue weighted by atomic mass is 9.87. The molecule has 1 aliphatic carbocycles. The van der Waals surface area contributed by atoms with Crippen molar-refractivity contribution >= 4 is 10.0 Å². The Morgan fingerprint density at radius 1 is 1.20 bits per heavy atom. The molecule has 0 aliphatic heterocycles. The number of hydrogen-bond donors (Lipinski definition) is 2. The van der Waals surface area contributed by atoms with E-state index in [1.807, 2.05) is 26.0 Å². The number of nitrogens with two attached hydrogens (primary N) is 1. The molecule has 0 amide bonds. The van der Waals surface area contributed by atoms with Crippen LogP contribution in [0.15, 0.2) is 23.1 Å². The molecule has 0 heterocycles. The van der Waals surface area contributed by atoms with Gasteiger partial charge in [-0.25, -0.2) is 13.1 Å². The molecular weight excluding hydrogens is 272 g/mol. The molecule has 0 bridgehead atoms. The fraction of sp³-hybridized carbons (Fsp3) is 0.600. The fourth-order valence-electron chi connectivity index (χ4n) is 2.80. The average Bonchev–Trinajstić information content (AvgIpc) is 2.37. The van der Waals surface area contributed by atoms with Gasteiger partial charge in [0.25, 0.3) is 0 Å². The third-order valence-corrected chi connectivity index (χ3v) is 5.66. The summed E-state index contributed by atoms with van der Waals surface area (Å²) < 4.78 is 27.4. The van der Waals surface area contributed by atoms with Gasteiger partial charge in [-0.3, -0.25) is 0 Å². The minimum absolute atomic E-state index is 0.294. The molecular formula is C15H24N2O2S. The Balaban J connectivity index is 2.00. The van der Waals surface area contributed by atoms with Crippen molar-refractivity contribution in [2.75, 3.05) is 6.54 Å². The van der Waals surface area contributed by atoms with Gasteiger partial charge in [-0.1, -0.05) is 17.7 Å². The monoisotopic (exact) mass is 296 g/mol. The van der Waals surface area contributed by atoms with Gasteiger partial charge in [0.1, 0.15) is 0 Å². The van der Waals surface area contributed by atoms with Gasteiger partial charge in [-0.05, 0) is 57.1 Å². The Hall–Kier alpha value is -0.910. The Labute approximate surface area is 121 Å². The van der Waals surface area contributed by atoms with Crippen LogP contribution in [0.4, 0.5) is 0 Å². The Kier molecular flexibility index (Phi) is 4.83. The molecule has 0 unspecified atom stereocenters. The van der Waals surface area contributed by atoms with E-state index >= 15 is 0 Å². The molecule has 0 aromatic heterocycles. The molecule has 0 saturated heterocycles. The predicted octanol–water partition coefficient (Wildman–Crippen LogP) is 2.10. The second-order valence-electron chi connectivity index (χ2n) is 5.90. The molecule has 1 aromatic rings. The second-order valence-corrected chi connectivity index (χ2v) is 7.64. The van der Waals surface area contributed by atoms with Crippen molar-refractivity contribution in [2.24, 2.45) is 11.7 Å². The first-order chi connectivity index (χ1) is 9.38. The smallest absolute Gasteiger partial charge is 0.240 e. The normalized spacial score (nSPS) is 23.8. The Bertz CT molecular complexity index is 561. The molecule has 1 saturated carbocycles. The number of nitrogens with one attached hydrogen (secondary N) is 1. The number of hydrogen-bond acceptors (Lipinski definition) is 3. The molecule has 4 nitrogen and oxygen atoms in total. The maximum absolute atomic E-state index is 12.3. The first-order valence-electron chi connectivity index (χ1n) is 7.21. The summed E-state index contributed by atoms with van der Waals surface area (Å²) in [6, 6.07) is 5.71. The number of benzene rings is 1. The van der Waals surface area contributed by atoms with Crippen LogP contribution in [0.1, 0.15) is 36.8 Å². The zero-order valence-corrected chi connectivity index (χ0v) is 13.0. The largest absolute Gasteiger partial charge is 0.328 e. The Morgan fingerprint density at radius 3 is 2.45 bits per heavy atom. The number of sulfonamides is 1. The van der Waals surface area contributed by atoms with Gasteiger partial charge in [0.15, 0.2) is 0 Å². The van der Waals surface area contributed by atoms with E-state index in [4.69, 9.17) is 5.73 Å². The SMILES string of the molecule is Cc1ccc(S(=O)(=O)NCC2CCC(N)CC2)c(C)c1. The van der Waals surface area contributed by atoms with Crippen LogP contribution in [0.25, 0.3) is 0 Å². The van der Waals surface area contributed by atoms with Crippen LogP contribution in [-0.4, -0.2) is 21.0 Å². The van der Waals surface area contributed by atoms with E-state index in [1.165, 1.54) is 0 Å². The van der Waals surface area contributed by atoms with E-state index in [0.29, 0.717) is 23.4 Å². The summed E-state index contributed by atoms with van der Waals surface area (Å²) in [4.78, 5) is 0.385. The fourth-order valence-corrected chi connectivity index (χ4v) is 4.14. The van der Waals surface area contributed by atoms with E-state index in [-0.39, 0.29) is 0 Å². The molecule has 3 N–H and O–H groups in total. The summed E-state index contributed by atoms with van der Waals surface area (Å²) in [5.74, 6) is 0.412. The summed E-state index contributed by atoms with van der Waals surface area (Å²) in [5.41, 5.74) is 7.73. The summed E-state index contributed by atoms with van der Waals surface area (Å²) >= 11 is 0. The van der Waals surface area contributed by atoms with Gasteiger partial charge in [0.2, 0.25) is 10.0 Å². The Morgan fingerprint density at radius 2 is 1.85 bits per heavy atom. The quantitative estimate of drug-likeness (QED) is 0.893. The lowest BCUT2D eigenvalue weighted by molar-refractivity contribution is 0.326. The molecule has 20 heavy (non-hydrogen) atoms. The van der Waals surface area contributed by atoms with Crippen molar-refractivity contribution in [2.45, 2.75) is 50.5 Å². The van der Waals surface area contributed by atoms with Gasteiger partial charge in [0.05, 0.1) is 4.90 Å². The maximum Gasteiger partial charge on any atom is 0.240 e. The molecule has 1 fully saturated rings. The molecule has 1 aliphatic rings. The van der Waals surface area contributed by atoms with Crippen LogP contribution in [-0.2, 0) is 10.0 Å². The molecule has 1 aromatic carbocycles. The number of rotatable bonds is 4. The highest BCUT2D eigenvalue weighted by molar-refractivity contribution is 7.89. The second kappa shape index (κ2) is 6.24. The average molecular weight is 296 g/mol. The van der Waals surface area contributed by atoms with E-state index in [1.54, 1.807) is 6.07 Å². The van der Waals surface area contributed by atoms with Gasteiger partial charge < -0.3 is 5.73 Å². The summed E-state index contributed by atoms with van der Waals surface area (Å²) in [5, 5.41) is 0. The van der Waals surface area contributed by atoms with Crippen LogP contribution < -0.4 is 10.5 Å². The zero-order chi connectivity index (χ0) is 14.8. The van der Waals surface area contributed by atoms with Crippen molar-refractivity contribution < 1.29 is 8.42 Å². The van der Waals surface area contributed by atoms with E-state index < -0.39 is 10.0 Å². The van der Waals surface area contributed by atoms with Crippen LogP contribution in [0.2, 0.25) is 0 Å². The van der Waals surface area contributed by atoms with Crippen molar-refractivity contribution in [1.82, 2.24) is 4.72 Å². The van der Waals surface area contributed by atoms with Gasteiger partial charge in [-0.2, -0.15) is 0 Å². The highest BCUT2D eigenvalue weighted by atomic mass is 32.2. The molecule has 2 rings (SSSR count). The first kappa shape index (κ1) is 15.5. The zero-order valence-electron chi connectivity index (χ0n) is 12.2. The minimum Gasteiger partial charge on any atom is -0.328 e. The van der Waals surface area contributed by atoms with Crippen LogP contribution in [0, 0.1) is 19.8 Å². The molecule has 0 spiro atoms. The summed E-state index contributed by atoms with van der Waals surface area (Å²) in [7, 11) is -3.40. The van der Waals surface area contributed by atoms with Crippen LogP contribution in [0.5, 0.6) is 0 Å². The van der Waals surface area contributed by atoms with Crippen LogP contribution >= 0.6 is 0 Å². The van der Waals surface area contributed by atoms with Crippen molar-refractivity contribution in [3.63, 3.8) is 0 Å². The van der Waals surface area contributed by atoms with E-state index in [9.17, 15) is 8.42 Å². The lowest BCUT2D eigenvalue weighted by Crippen LogP contribution is -2.34.